The highest BCUT2D eigenvalue weighted by atomic mass is 19.1. The zero-order chi connectivity index (χ0) is 15.7. The van der Waals surface area contributed by atoms with Gasteiger partial charge in [-0.15, -0.1) is 0 Å². The molecule has 1 aliphatic heterocycles. The first-order valence-corrected chi connectivity index (χ1v) is 6.97. The maximum absolute atomic E-state index is 13.0. The quantitative estimate of drug-likeness (QED) is 0.886. The van der Waals surface area contributed by atoms with E-state index in [-0.39, 0.29) is 18.3 Å². The molecule has 1 saturated heterocycles. The lowest BCUT2D eigenvalue weighted by Crippen LogP contribution is -2.30. The summed E-state index contributed by atoms with van der Waals surface area (Å²) in [5.41, 5.74) is 2.57. The van der Waals surface area contributed by atoms with Gasteiger partial charge in [-0.2, -0.15) is 0 Å². The minimum Gasteiger partial charge on any atom is -0.322 e. The number of rotatable bonds is 3. The number of nitrogens with one attached hydrogen (secondary N) is 1. The maximum atomic E-state index is 13.0. The number of halogens is 1. The minimum atomic E-state index is -0.751. The molecule has 2 aromatic carbocycles. The highest BCUT2D eigenvalue weighted by molar-refractivity contribution is 6.04. The summed E-state index contributed by atoms with van der Waals surface area (Å²) in [5, 5.41) is 2.64. The van der Waals surface area contributed by atoms with E-state index in [1.165, 1.54) is 29.2 Å². The van der Waals surface area contributed by atoms with Crippen molar-refractivity contribution in [2.24, 2.45) is 0 Å². The van der Waals surface area contributed by atoms with Crippen molar-refractivity contribution < 1.29 is 14.0 Å². The fourth-order valence-corrected chi connectivity index (χ4v) is 2.43. The lowest BCUT2D eigenvalue weighted by atomic mass is 10.1. The molecule has 0 aliphatic carbocycles. The molecule has 22 heavy (non-hydrogen) atoms. The van der Waals surface area contributed by atoms with Gasteiger partial charge in [0.15, 0.2) is 0 Å². The Labute approximate surface area is 127 Å². The first-order valence-electron chi connectivity index (χ1n) is 6.97. The monoisotopic (exact) mass is 298 g/mol. The third-order valence-corrected chi connectivity index (χ3v) is 3.69. The summed E-state index contributed by atoms with van der Waals surface area (Å²) in [7, 11) is 0. The summed E-state index contributed by atoms with van der Waals surface area (Å²) in [6.07, 6.45) is 0. The van der Waals surface area contributed by atoms with Crippen molar-refractivity contribution in [2.75, 3.05) is 0 Å². The molecular weight excluding hydrogens is 283 g/mol. The molecular formula is C17H15FN2O2. The number of benzene rings is 2. The van der Waals surface area contributed by atoms with Crippen molar-refractivity contribution in [3.8, 4) is 0 Å². The van der Waals surface area contributed by atoms with Crippen LogP contribution < -0.4 is 5.32 Å². The molecule has 0 radical (unpaired) electrons. The van der Waals surface area contributed by atoms with E-state index in [2.05, 4.69) is 5.32 Å². The molecule has 0 unspecified atom stereocenters. The summed E-state index contributed by atoms with van der Waals surface area (Å²) >= 11 is 0. The first-order chi connectivity index (χ1) is 10.5. The summed E-state index contributed by atoms with van der Waals surface area (Å²) in [6.45, 7) is 2.20. The van der Waals surface area contributed by atoms with Gasteiger partial charge in [0.2, 0.25) is 0 Å². The van der Waals surface area contributed by atoms with Crippen LogP contribution in [-0.4, -0.2) is 16.8 Å². The third kappa shape index (κ3) is 2.70. The molecule has 1 heterocycles. The normalized spacial score (nSPS) is 17.7. The van der Waals surface area contributed by atoms with Gasteiger partial charge in [-0.3, -0.25) is 9.69 Å². The second-order valence-corrected chi connectivity index (χ2v) is 5.34. The highest BCUT2D eigenvalue weighted by Crippen LogP contribution is 2.23. The van der Waals surface area contributed by atoms with Crippen LogP contribution in [0.1, 0.15) is 22.7 Å². The van der Waals surface area contributed by atoms with E-state index in [4.69, 9.17) is 0 Å². The van der Waals surface area contributed by atoms with Gasteiger partial charge in [-0.1, -0.05) is 42.0 Å². The Morgan fingerprint density at radius 2 is 1.68 bits per heavy atom. The second kappa shape index (κ2) is 5.60. The number of carbonyl (C=O) groups excluding carboxylic acids is 2. The van der Waals surface area contributed by atoms with E-state index in [1.807, 2.05) is 31.2 Å². The van der Waals surface area contributed by atoms with Crippen LogP contribution in [0, 0.1) is 12.7 Å². The Hall–Kier alpha value is -2.69. The van der Waals surface area contributed by atoms with Gasteiger partial charge >= 0.3 is 6.03 Å². The first kappa shape index (κ1) is 14.3. The molecule has 2 aromatic rings. The van der Waals surface area contributed by atoms with Crippen molar-refractivity contribution in [1.29, 1.82) is 0 Å². The zero-order valence-corrected chi connectivity index (χ0v) is 12.0. The lowest BCUT2D eigenvalue weighted by Gasteiger charge is -2.13. The van der Waals surface area contributed by atoms with Crippen molar-refractivity contribution in [2.45, 2.75) is 19.5 Å². The minimum absolute atomic E-state index is 0.225. The van der Waals surface area contributed by atoms with Gasteiger partial charge < -0.3 is 5.32 Å². The topological polar surface area (TPSA) is 49.4 Å². The molecule has 0 aromatic heterocycles. The molecule has 3 amide bonds. The Balaban J connectivity index is 1.79. The van der Waals surface area contributed by atoms with Gasteiger partial charge in [-0.25, -0.2) is 9.18 Å². The van der Waals surface area contributed by atoms with Crippen molar-refractivity contribution in [3.05, 3.63) is 71.0 Å². The molecule has 5 heteroatoms. The highest BCUT2D eigenvalue weighted by Gasteiger charge is 2.38. The molecule has 1 N–H and O–H groups in total. The molecule has 1 fully saturated rings. The molecule has 0 saturated carbocycles. The average molecular weight is 298 g/mol. The SMILES string of the molecule is Cc1ccc(CN2C(=O)N[C@@H](c3ccc(F)cc3)C2=O)cc1. The van der Waals surface area contributed by atoms with Crippen LogP contribution in [0.3, 0.4) is 0 Å². The summed E-state index contributed by atoms with van der Waals surface area (Å²) in [4.78, 5) is 25.6. The van der Waals surface area contributed by atoms with Crippen LogP contribution in [0.4, 0.5) is 9.18 Å². The molecule has 0 bridgehead atoms. The van der Waals surface area contributed by atoms with Gasteiger partial charge in [0.05, 0.1) is 6.54 Å². The number of carbonyl (C=O) groups is 2. The summed E-state index contributed by atoms with van der Waals surface area (Å²) in [6, 6.07) is 12.0. The lowest BCUT2D eigenvalue weighted by molar-refractivity contribution is -0.128. The van der Waals surface area contributed by atoms with E-state index >= 15 is 0 Å². The largest absolute Gasteiger partial charge is 0.325 e. The Morgan fingerprint density at radius 3 is 2.32 bits per heavy atom. The molecule has 3 rings (SSSR count). The number of nitrogens with zero attached hydrogens (tertiary/aromatic N) is 1. The van der Waals surface area contributed by atoms with E-state index < -0.39 is 12.1 Å². The van der Waals surface area contributed by atoms with Gasteiger partial charge in [0.25, 0.3) is 5.91 Å². The van der Waals surface area contributed by atoms with Gasteiger partial charge in [0, 0.05) is 0 Å². The number of amides is 3. The van der Waals surface area contributed by atoms with Crippen LogP contribution in [0.5, 0.6) is 0 Å². The van der Waals surface area contributed by atoms with Gasteiger partial charge in [-0.05, 0) is 30.2 Å². The van der Waals surface area contributed by atoms with E-state index in [0.29, 0.717) is 5.56 Å². The standard InChI is InChI=1S/C17H15FN2O2/c1-11-2-4-12(5-3-11)10-20-16(21)15(19-17(20)22)13-6-8-14(18)9-7-13/h2-9,15H,10H2,1H3,(H,19,22)/t15-/m0/s1. The molecule has 4 nitrogen and oxygen atoms in total. The molecule has 112 valence electrons. The molecule has 0 spiro atoms. The Morgan fingerprint density at radius 1 is 1.05 bits per heavy atom. The van der Waals surface area contributed by atoms with E-state index in [0.717, 1.165) is 11.1 Å². The van der Waals surface area contributed by atoms with E-state index in [1.54, 1.807) is 0 Å². The predicted octanol–water partition coefficient (Wildman–Crippen LogP) is 2.93. The zero-order valence-electron chi connectivity index (χ0n) is 12.0. The van der Waals surface area contributed by atoms with Crippen molar-refractivity contribution in [3.63, 3.8) is 0 Å². The number of aryl methyl sites for hydroxylation is 1. The van der Waals surface area contributed by atoms with Crippen LogP contribution in [0.25, 0.3) is 0 Å². The fourth-order valence-electron chi connectivity index (χ4n) is 2.43. The summed E-state index contributed by atoms with van der Waals surface area (Å²) < 4.78 is 13.0. The maximum Gasteiger partial charge on any atom is 0.325 e. The average Bonchev–Trinajstić information content (AvgIpc) is 2.78. The van der Waals surface area contributed by atoms with Gasteiger partial charge in [0.1, 0.15) is 11.9 Å². The Bertz CT molecular complexity index is 710. The fraction of sp³-hybridized carbons (Fsp3) is 0.176. The Kier molecular flexibility index (Phi) is 3.63. The van der Waals surface area contributed by atoms with Crippen molar-refractivity contribution >= 4 is 11.9 Å². The number of hydrogen-bond donors (Lipinski definition) is 1. The molecule has 1 atom stereocenters. The molecule has 1 aliphatic rings. The number of hydrogen-bond acceptors (Lipinski definition) is 2. The van der Waals surface area contributed by atoms with Crippen LogP contribution >= 0.6 is 0 Å². The summed E-state index contributed by atoms with van der Waals surface area (Å²) in [5.74, 6) is -0.700. The smallest absolute Gasteiger partial charge is 0.322 e. The number of imide groups is 1. The third-order valence-electron chi connectivity index (χ3n) is 3.69. The predicted molar refractivity (Wildman–Crippen MR) is 79.4 cm³/mol. The second-order valence-electron chi connectivity index (χ2n) is 5.34. The van der Waals surface area contributed by atoms with Crippen LogP contribution in [0.2, 0.25) is 0 Å². The van der Waals surface area contributed by atoms with Crippen molar-refractivity contribution in [1.82, 2.24) is 10.2 Å². The van der Waals surface area contributed by atoms with E-state index in [9.17, 15) is 14.0 Å². The van der Waals surface area contributed by atoms with Crippen LogP contribution in [-0.2, 0) is 11.3 Å². The number of urea groups is 1. The van der Waals surface area contributed by atoms with Crippen LogP contribution in [0.15, 0.2) is 48.5 Å².